The molecule has 1 aromatic heterocycles. The highest BCUT2D eigenvalue weighted by molar-refractivity contribution is 6.31. The molecule has 2 aliphatic carbocycles. The van der Waals surface area contributed by atoms with E-state index in [1.54, 1.807) is 7.05 Å². The monoisotopic (exact) mass is 697 g/mol. The van der Waals surface area contributed by atoms with Gasteiger partial charge >= 0.3 is 6.03 Å². The first-order valence-corrected chi connectivity index (χ1v) is 17.3. The van der Waals surface area contributed by atoms with Gasteiger partial charge in [-0.15, -0.1) is 0 Å². The van der Waals surface area contributed by atoms with Crippen molar-refractivity contribution < 1.29 is 39.8 Å². The number of aromatic nitrogens is 1. The van der Waals surface area contributed by atoms with Gasteiger partial charge in [0.1, 0.15) is 24.1 Å². The van der Waals surface area contributed by atoms with Crippen LogP contribution in [0.1, 0.15) is 60.8 Å². The SMILES string of the molecule is Cc1cc(COC2(c3cnccc3-c3ccccc3OC3CC3)CC2)c(Cl)cc1CCCCN(C)C(=O)NC[C@H](O)[C@@H](O)[C@H](O)[C@H](O)CO. The molecule has 0 bridgehead atoms. The molecule has 12 heteroatoms. The summed E-state index contributed by atoms with van der Waals surface area (Å²) in [6.45, 7) is 1.80. The van der Waals surface area contributed by atoms with Crippen LogP contribution in [0.3, 0.4) is 0 Å². The minimum atomic E-state index is -1.75. The van der Waals surface area contributed by atoms with Crippen molar-refractivity contribution in [3.05, 3.63) is 82.1 Å². The first kappa shape index (κ1) is 37.0. The number of aryl methyl sites for hydroxylation is 2. The topological polar surface area (TPSA) is 165 Å². The minimum absolute atomic E-state index is 0.296. The maximum Gasteiger partial charge on any atom is 0.317 e. The van der Waals surface area contributed by atoms with E-state index >= 15 is 0 Å². The third-order valence-electron chi connectivity index (χ3n) is 9.34. The van der Waals surface area contributed by atoms with E-state index in [1.165, 1.54) is 4.90 Å². The molecule has 6 N–H and O–H groups in total. The Morgan fingerprint density at radius 3 is 2.49 bits per heavy atom. The third kappa shape index (κ3) is 9.49. The number of amides is 2. The van der Waals surface area contributed by atoms with Crippen molar-refractivity contribution >= 4 is 17.6 Å². The van der Waals surface area contributed by atoms with Crippen LogP contribution >= 0.6 is 11.6 Å². The summed E-state index contributed by atoms with van der Waals surface area (Å²) in [5, 5.41) is 51.2. The van der Waals surface area contributed by atoms with Crippen LogP contribution in [0.15, 0.2) is 54.9 Å². The fourth-order valence-corrected chi connectivity index (χ4v) is 6.15. The van der Waals surface area contributed by atoms with E-state index in [-0.39, 0.29) is 6.54 Å². The van der Waals surface area contributed by atoms with Crippen molar-refractivity contribution in [3.8, 4) is 16.9 Å². The van der Waals surface area contributed by atoms with Crippen LogP contribution in [-0.4, -0.2) is 98.7 Å². The van der Waals surface area contributed by atoms with Gasteiger partial charge in [0.25, 0.3) is 0 Å². The second-order valence-corrected chi connectivity index (χ2v) is 13.7. The summed E-state index contributed by atoms with van der Waals surface area (Å²) in [5.41, 5.74) is 5.95. The number of hydrogen-bond acceptors (Lipinski definition) is 9. The maximum absolute atomic E-state index is 12.4. The molecule has 3 aromatic rings. The zero-order valence-corrected chi connectivity index (χ0v) is 28.9. The van der Waals surface area contributed by atoms with Crippen LogP contribution in [0.2, 0.25) is 5.02 Å². The Kier molecular flexibility index (Phi) is 12.5. The number of hydrogen-bond donors (Lipinski definition) is 6. The molecule has 266 valence electrons. The Balaban J connectivity index is 1.11. The van der Waals surface area contributed by atoms with Gasteiger partial charge in [-0.2, -0.15) is 0 Å². The number of para-hydroxylation sites is 1. The Hall–Kier alpha value is -3.29. The van der Waals surface area contributed by atoms with Gasteiger partial charge in [0.15, 0.2) is 0 Å². The van der Waals surface area contributed by atoms with Crippen molar-refractivity contribution in [3.63, 3.8) is 0 Å². The lowest BCUT2D eigenvalue weighted by Gasteiger charge is -2.26. The summed E-state index contributed by atoms with van der Waals surface area (Å²) in [7, 11) is 1.63. The molecule has 11 nitrogen and oxygen atoms in total. The number of aliphatic hydroxyl groups excluding tert-OH is 5. The molecule has 4 atom stereocenters. The average molecular weight is 698 g/mol. The highest BCUT2D eigenvalue weighted by Gasteiger charge is 2.48. The van der Waals surface area contributed by atoms with Gasteiger partial charge in [-0.25, -0.2) is 4.79 Å². The molecule has 1 heterocycles. The maximum atomic E-state index is 12.4. The lowest BCUT2D eigenvalue weighted by Crippen LogP contribution is -2.51. The number of nitrogens with zero attached hydrogens (tertiary/aromatic N) is 2. The quantitative estimate of drug-likeness (QED) is 0.108. The Labute approximate surface area is 292 Å². The van der Waals surface area contributed by atoms with E-state index in [1.807, 2.05) is 42.7 Å². The number of unbranched alkanes of at least 4 members (excludes halogenated alkanes) is 1. The first-order chi connectivity index (χ1) is 23.5. The molecule has 2 fully saturated rings. The summed E-state index contributed by atoms with van der Waals surface area (Å²) in [4.78, 5) is 18.4. The van der Waals surface area contributed by atoms with Gasteiger partial charge in [0, 0.05) is 48.7 Å². The van der Waals surface area contributed by atoms with Crippen molar-refractivity contribution in [2.45, 2.75) is 94.6 Å². The second-order valence-electron chi connectivity index (χ2n) is 13.3. The number of aliphatic hydroxyl groups is 5. The predicted octanol–water partition coefficient (Wildman–Crippen LogP) is 3.86. The fraction of sp³-hybridized carbons (Fsp3) is 0.514. The van der Waals surface area contributed by atoms with Crippen molar-refractivity contribution in [2.24, 2.45) is 0 Å². The molecule has 2 saturated carbocycles. The van der Waals surface area contributed by atoms with Crippen molar-refractivity contribution in [1.29, 1.82) is 0 Å². The van der Waals surface area contributed by atoms with Crippen LogP contribution in [-0.2, 0) is 23.4 Å². The summed E-state index contributed by atoms with van der Waals surface area (Å²) >= 11 is 6.78. The average Bonchev–Trinajstić information content (AvgIpc) is 4.06. The van der Waals surface area contributed by atoms with E-state index < -0.39 is 42.7 Å². The van der Waals surface area contributed by atoms with Crippen LogP contribution in [0, 0.1) is 6.92 Å². The number of carbonyl (C=O) groups excluding carboxylic acids is 1. The van der Waals surface area contributed by atoms with Crippen LogP contribution in [0.25, 0.3) is 11.1 Å². The predicted molar refractivity (Wildman–Crippen MR) is 185 cm³/mol. The number of ether oxygens (including phenoxy) is 2. The molecule has 5 rings (SSSR count). The number of benzene rings is 2. The molecule has 49 heavy (non-hydrogen) atoms. The molecule has 0 spiro atoms. The number of halogens is 1. The van der Waals surface area contributed by atoms with Gasteiger partial charge in [-0.05, 0) is 92.3 Å². The molecule has 2 amide bonds. The molecular weight excluding hydrogens is 650 g/mol. The fourth-order valence-electron chi connectivity index (χ4n) is 5.91. The van der Waals surface area contributed by atoms with Gasteiger partial charge in [-0.3, -0.25) is 4.98 Å². The number of rotatable bonds is 18. The Morgan fingerprint density at radius 2 is 1.78 bits per heavy atom. The lowest BCUT2D eigenvalue weighted by molar-refractivity contribution is -0.113. The van der Waals surface area contributed by atoms with Gasteiger partial charge < -0.3 is 45.2 Å². The van der Waals surface area contributed by atoms with Gasteiger partial charge in [0.05, 0.1) is 31.0 Å². The standard InChI is InChI=1S/C37H48ClN3O8/c1-23-17-25(22-48-37(13-14-37)29-19-39-15-12-27(29)28-8-3-4-9-33(28)49-26-10-11-26)30(38)18-24(23)7-5-6-16-41(2)36(47)40-20-31(43)34(45)35(46)32(44)21-42/h3-4,8-9,12,15,17-19,26,31-32,34-35,42-46H,5-7,10-11,13-14,16,20-22H2,1-2H3,(H,40,47)/t31-,32+,34+,35+/m0/s1. The third-order valence-corrected chi connectivity index (χ3v) is 9.70. The highest BCUT2D eigenvalue weighted by Crippen LogP contribution is 2.53. The number of pyridine rings is 1. The normalized spacial score (nSPS) is 17.6. The van der Waals surface area contributed by atoms with Crippen molar-refractivity contribution in [2.75, 3.05) is 26.7 Å². The van der Waals surface area contributed by atoms with Crippen LogP contribution in [0.5, 0.6) is 5.75 Å². The number of carbonyl (C=O) groups is 1. The van der Waals surface area contributed by atoms with E-state index in [2.05, 4.69) is 29.4 Å². The summed E-state index contributed by atoms with van der Waals surface area (Å²) < 4.78 is 12.9. The smallest absolute Gasteiger partial charge is 0.317 e. The minimum Gasteiger partial charge on any atom is -0.490 e. The van der Waals surface area contributed by atoms with Crippen LogP contribution < -0.4 is 10.1 Å². The first-order valence-electron chi connectivity index (χ1n) is 17.0. The van der Waals surface area contributed by atoms with E-state index in [0.717, 1.165) is 84.1 Å². The Bertz CT molecular complexity index is 1570. The van der Waals surface area contributed by atoms with E-state index in [9.17, 15) is 25.2 Å². The molecule has 0 radical (unpaired) electrons. The highest BCUT2D eigenvalue weighted by atomic mass is 35.5. The van der Waals surface area contributed by atoms with E-state index in [4.69, 9.17) is 26.2 Å². The lowest BCUT2D eigenvalue weighted by atomic mass is 9.96. The molecule has 0 unspecified atom stereocenters. The van der Waals surface area contributed by atoms with Gasteiger partial charge in [0.2, 0.25) is 0 Å². The molecule has 2 aromatic carbocycles. The zero-order chi connectivity index (χ0) is 35.1. The molecular formula is C37H48ClN3O8. The Morgan fingerprint density at radius 1 is 1.04 bits per heavy atom. The summed E-state index contributed by atoms with van der Waals surface area (Å²) in [6, 6.07) is 13.8. The summed E-state index contributed by atoms with van der Waals surface area (Å²) in [6.07, 6.45) is 3.73. The summed E-state index contributed by atoms with van der Waals surface area (Å²) in [5.74, 6) is 0.892. The molecule has 0 saturated heterocycles. The second kappa shape index (κ2) is 16.6. The van der Waals surface area contributed by atoms with Crippen molar-refractivity contribution in [1.82, 2.24) is 15.2 Å². The molecule has 0 aliphatic heterocycles. The number of nitrogens with one attached hydrogen (secondary N) is 1. The number of urea groups is 1. The zero-order valence-electron chi connectivity index (χ0n) is 28.1. The van der Waals surface area contributed by atoms with E-state index in [0.29, 0.717) is 24.3 Å². The molecule has 2 aliphatic rings. The van der Waals surface area contributed by atoms with Crippen LogP contribution in [0.4, 0.5) is 4.79 Å². The largest absolute Gasteiger partial charge is 0.490 e. The van der Waals surface area contributed by atoms with Gasteiger partial charge in [-0.1, -0.05) is 35.9 Å².